The number of halogens is 1. The quantitative estimate of drug-likeness (QED) is 0.669. The SMILES string of the molecule is C=C(C)C1=c2cc(Br)ccc2=N[N+]1=C. The molecule has 0 radical (unpaired) electrons. The summed E-state index contributed by atoms with van der Waals surface area (Å²) in [7, 11) is 0. The number of hydrogen-bond acceptors (Lipinski definition) is 1. The van der Waals surface area contributed by atoms with Gasteiger partial charge in [0.1, 0.15) is 5.36 Å². The molecule has 1 aliphatic heterocycles. The number of fused-ring (bicyclic) bond motifs is 1. The van der Waals surface area contributed by atoms with Crippen LogP contribution in [0.2, 0.25) is 0 Å². The van der Waals surface area contributed by atoms with Gasteiger partial charge in [0, 0.05) is 15.1 Å². The topological polar surface area (TPSA) is 15.4 Å². The van der Waals surface area contributed by atoms with Crippen LogP contribution in [0.3, 0.4) is 0 Å². The molecule has 1 aromatic carbocycles. The van der Waals surface area contributed by atoms with Gasteiger partial charge in [-0.1, -0.05) is 27.2 Å². The fourth-order valence-corrected chi connectivity index (χ4v) is 1.92. The molecule has 0 saturated heterocycles. The number of rotatable bonds is 1. The minimum atomic E-state index is 0.946. The van der Waals surface area contributed by atoms with E-state index < -0.39 is 0 Å². The molecule has 3 heteroatoms. The van der Waals surface area contributed by atoms with Crippen LogP contribution >= 0.6 is 15.9 Å². The fourth-order valence-electron chi connectivity index (χ4n) is 1.55. The maximum absolute atomic E-state index is 4.30. The van der Waals surface area contributed by atoms with Crippen molar-refractivity contribution in [3.63, 3.8) is 0 Å². The van der Waals surface area contributed by atoms with Crippen molar-refractivity contribution in [3.05, 3.63) is 45.4 Å². The van der Waals surface area contributed by atoms with Gasteiger partial charge in [0.05, 0.1) is 5.22 Å². The third kappa shape index (κ3) is 1.34. The normalized spacial score (nSPS) is 13.9. The zero-order valence-electron chi connectivity index (χ0n) is 7.92. The summed E-state index contributed by atoms with van der Waals surface area (Å²) in [5.41, 5.74) is 1.96. The number of hydrogen-bond donors (Lipinski definition) is 0. The van der Waals surface area contributed by atoms with E-state index in [1.54, 1.807) is 4.68 Å². The molecule has 0 bridgehead atoms. The molecule has 14 heavy (non-hydrogen) atoms. The molecular weight excluding hydrogens is 240 g/mol. The van der Waals surface area contributed by atoms with E-state index >= 15 is 0 Å². The lowest BCUT2D eigenvalue weighted by molar-refractivity contribution is -0.428. The minimum absolute atomic E-state index is 0.946. The van der Waals surface area contributed by atoms with Crippen molar-refractivity contribution < 1.29 is 4.68 Å². The fraction of sp³-hybridized carbons (Fsp3) is 0.0909. The van der Waals surface area contributed by atoms with E-state index in [2.05, 4.69) is 34.3 Å². The molecule has 1 aliphatic rings. The van der Waals surface area contributed by atoms with Crippen molar-refractivity contribution in [2.24, 2.45) is 5.10 Å². The van der Waals surface area contributed by atoms with Gasteiger partial charge in [-0.05, 0) is 25.1 Å². The first-order chi connectivity index (χ1) is 6.59. The molecule has 0 aromatic heterocycles. The summed E-state index contributed by atoms with van der Waals surface area (Å²) in [6, 6.07) is 5.97. The maximum Gasteiger partial charge on any atom is 0.249 e. The van der Waals surface area contributed by atoms with Crippen molar-refractivity contribution >= 4 is 28.3 Å². The molecule has 0 amide bonds. The highest BCUT2D eigenvalue weighted by Crippen LogP contribution is 2.11. The third-order valence-electron chi connectivity index (χ3n) is 2.10. The summed E-state index contributed by atoms with van der Waals surface area (Å²) in [4.78, 5) is 0. The van der Waals surface area contributed by atoms with Gasteiger partial charge in [-0.2, -0.15) is 0 Å². The average molecular weight is 250 g/mol. The van der Waals surface area contributed by atoms with Gasteiger partial charge in [0.25, 0.3) is 0 Å². The first-order valence-corrected chi connectivity index (χ1v) is 5.04. The molecule has 2 nitrogen and oxygen atoms in total. The van der Waals surface area contributed by atoms with Crippen molar-refractivity contribution in [3.8, 4) is 0 Å². The second-order valence-electron chi connectivity index (χ2n) is 3.29. The van der Waals surface area contributed by atoms with E-state index in [0.717, 1.165) is 26.3 Å². The van der Waals surface area contributed by atoms with E-state index in [4.69, 9.17) is 0 Å². The molecule has 0 N–H and O–H groups in total. The Morgan fingerprint density at radius 2 is 2.21 bits per heavy atom. The minimum Gasteiger partial charge on any atom is -0.0894 e. The van der Waals surface area contributed by atoms with Gasteiger partial charge in [-0.3, -0.25) is 0 Å². The van der Waals surface area contributed by atoms with Crippen LogP contribution < -0.4 is 10.6 Å². The van der Waals surface area contributed by atoms with Crippen molar-refractivity contribution in [2.75, 3.05) is 0 Å². The molecule has 0 saturated carbocycles. The molecule has 1 heterocycles. The molecule has 0 fully saturated rings. The Morgan fingerprint density at radius 1 is 1.50 bits per heavy atom. The number of benzene rings is 1. The molecule has 0 spiro atoms. The lowest BCUT2D eigenvalue weighted by Gasteiger charge is -1.92. The maximum atomic E-state index is 4.30. The lowest BCUT2D eigenvalue weighted by atomic mass is 10.2. The Balaban J connectivity index is 2.92. The van der Waals surface area contributed by atoms with Crippen LogP contribution in [-0.4, -0.2) is 11.4 Å². The van der Waals surface area contributed by atoms with Crippen LogP contribution in [0.15, 0.2) is 39.9 Å². The molecule has 0 atom stereocenters. The Morgan fingerprint density at radius 3 is 2.86 bits per heavy atom. The molecule has 70 valence electrons. The van der Waals surface area contributed by atoms with Gasteiger partial charge in [-0.25, -0.2) is 0 Å². The summed E-state index contributed by atoms with van der Waals surface area (Å²) in [5.74, 6) is 0. The molecule has 0 unspecified atom stereocenters. The summed E-state index contributed by atoms with van der Waals surface area (Å²) in [5, 5.41) is 6.33. The highest BCUT2D eigenvalue weighted by molar-refractivity contribution is 9.10. The summed E-state index contributed by atoms with van der Waals surface area (Å²) in [6.07, 6.45) is 0. The van der Waals surface area contributed by atoms with Crippen LogP contribution in [0, 0.1) is 0 Å². The smallest absolute Gasteiger partial charge is 0.0894 e. The molecule has 0 aliphatic carbocycles. The van der Waals surface area contributed by atoms with Gasteiger partial charge in [0.15, 0.2) is 6.72 Å². The predicted octanol–water partition coefficient (Wildman–Crippen LogP) is 1.39. The van der Waals surface area contributed by atoms with Crippen LogP contribution in [0.5, 0.6) is 0 Å². The highest BCUT2D eigenvalue weighted by Gasteiger charge is 2.19. The Kier molecular flexibility index (Phi) is 2.11. The van der Waals surface area contributed by atoms with E-state index in [0.29, 0.717) is 0 Å². The molecular formula is C11H10BrN2+. The zero-order valence-corrected chi connectivity index (χ0v) is 9.50. The van der Waals surface area contributed by atoms with E-state index in [-0.39, 0.29) is 0 Å². The van der Waals surface area contributed by atoms with Gasteiger partial charge in [-0.15, -0.1) is 0 Å². The van der Waals surface area contributed by atoms with Gasteiger partial charge in [0.2, 0.25) is 5.70 Å². The first kappa shape index (κ1) is 9.34. The summed E-state index contributed by atoms with van der Waals surface area (Å²) in [6.45, 7) is 9.72. The summed E-state index contributed by atoms with van der Waals surface area (Å²) >= 11 is 3.44. The number of nitrogens with zero attached hydrogens (tertiary/aromatic N) is 2. The Bertz CT molecular complexity index is 555. The van der Waals surface area contributed by atoms with E-state index in [1.165, 1.54) is 0 Å². The molecule has 1 aromatic rings. The van der Waals surface area contributed by atoms with Gasteiger partial charge < -0.3 is 0 Å². The zero-order chi connectivity index (χ0) is 10.3. The first-order valence-electron chi connectivity index (χ1n) is 4.24. The molecule has 2 rings (SSSR count). The monoisotopic (exact) mass is 249 g/mol. The van der Waals surface area contributed by atoms with Crippen LogP contribution in [-0.2, 0) is 0 Å². The average Bonchev–Trinajstić information content (AvgIpc) is 2.40. The summed E-state index contributed by atoms with van der Waals surface area (Å²) < 4.78 is 2.67. The van der Waals surface area contributed by atoms with Crippen molar-refractivity contribution in [1.82, 2.24) is 0 Å². The second-order valence-corrected chi connectivity index (χ2v) is 4.21. The van der Waals surface area contributed by atoms with E-state index in [9.17, 15) is 0 Å². The Labute approximate surface area is 90.7 Å². The largest absolute Gasteiger partial charge is 0.249 e. The van der Waals surface area contributed by atoms with Crippen molar-refractivity contribution in [1.29, 1.82) is 0 Å². The third-order valence-corrected chi connectivity index (χ3v) is 2.60. The van der Waals surface area contributed by atoms with Crippen LogP contribution in [0.25, 0.3) is 5.70 Å². The standard InChI is InChI=1S/C11H10BrN2/c1-7(2)11-9-6-8(12)4-5-10(9)13-14(11)3/h4-6H,1,3H2,2H3/q+1. The highest BCUT2D eigenvalue weighted by atomic mass is 79.9. The van der Waals surface area contributed by atoms with Gasteiger partial charge >= 0.3 is 0 Å². The Hall–Kier alpha value is -1.22. The second kappa shape index (κ2) is 3.17. The van der Waals surface area contributed by atoms with Crippen molar-refractivity contribution in [2.45, 2.75) is 6.92 Å². The predicted molar refractivity (Wildman–Crippen MR) is 60.5 cm³/mol. The van der Waals surface area contributed by atoms with E-state index in [1.807, 2.05) is 25.1 Å². The lowest BCUT2D eigenvalue weighted by Crippen LogP contribution is -2.22. The van der Waals surface area contributed by atoms with Crippen LogP contribution in [0.4, 0.5) is 0 Å². The van der Waals surface area contributed by atoms with Crippen LogP contribution in [0.1, 0.15) is 6.92 Å².